The Bertz CT molecular complexity index is 950. The van der Waals surface area contributed by atoms with Gasteiger partial charge in [-0.15, -0.1) is 0 Å². The first-order valence-corrected chi connectivity index (χ1v) is 9.68. The third-order valence-electron chi connectivity index (χ3n) is 5.02. The molecule has 31 heavy (non-hydrogen) atoms. The molecule has 164 valence electrons. The Labute approximate surface area is 177 Å². The van der Waals surface area contributed by atoms with Gasteiger partial charge in [0.15, 0.2) is 0 Å². The van der Waals surface area contributed by atoms with Crippen LogP contribution in [0.5, 0.6) is 0 Å². The average Bonchev–Trinajstić information content (AvgIpc) is 3.04. The van der Waals surface area contributed by atoms with Crippen LogP contribution in [0.25, 0.3) is 11.1 Å². The number of ether oxygens (including phenoxy) is 1. The predicted molar refractivity (Wildman–Crippen MR) is 108 cm³/mol. The van der Waals surface area contributed by atoms with Gasteiger partial charge in [-0.25, -0.2) is 9.59 Å². The maximum Gasteiger partial charge on any atom is 0.407 e. The van der Waals surface area contributed by atoms with Crippen LogP contribution in [-0.2, 0) is 14.3 Å². The van der Waals surface area contributed by atoms with Crippen molar-refractivity contribution in [2.24, 2.45) is 0 Å². The normalized spacial score (nSPS) is 13.6. The number of rotatable bonds is 8. The van der Waals surface area contributed by atoms with Crippen molar-refractivity contribution in [1.29, 1.82) is 0 Å². The number of alkyl halides is 2. The van der Waals surface area contributed by atoms with Crippen LogP contribution in [0.2, 0.25) is 0 Å². The number of halogens is 2. The molecule has 0 heterocycles. The average molecular weight is 432 g/mol. The van der Waals surface area contributed by atoms with E-state index in [1.165, 1.54) is 6.92 Å². The minimum atomic E-state index is -4.06. The first kappa shape index (κ1) is 22.2. The zero-order valence-corrected chi connectivity index (χ0v) is 16.7. The standard InChI is InChI=1S/C22H22F2N2O5/c1-13(10-19(27)25-12-22(23,24)20(28)29)26-21(30)31-11-18-16-8-4-2-6-14(16)15-7-3-5-9-17(15)18/h2-9,13,18H,10-12H2,1H3,(H,25,27)(H,26,30)(H,28,29)/t13-/m1/s1. The van der Waals surface area contributed by atoms with Gasteiger partial charge in [0, 0.05) is 18.4 Å². The summed E-state index contributed by atoms with van der Waals surface area (Å²) < 4.78 is 31.4. The van der Waals surface area contributed by atoms with Gasteiger partial charge >= 0.3 is 18.0 Å². The number of carbonyl (C=O) groups excluding carboxylic acids is 2. The van der Waals surface area contributed by atoms with Crippen molar-refractivity contribution in [3.63, 3.8) is 0 Å². The fourth-order valence-corrected chi connectivity index (χ4v) is 3.53. The summed E-state index contributed by atoms with van der Waals surface area (Å²) in [4.78, 5) is 34.2. The fourth-order valence-electron chi connectivity index (χ4n) is 3.53. The molecule has 0 saturated carbocycles. The molecule has 9 heteroatoms. The van der Waals surface area contributed by atoms with Crippen molar-refractivity contribution < 1.29 is 33.0 Å². The smallest absolute Gasteiger partial charge is 0.407 e. The van der Waals surface area contributed by atoms with E-state index in [2.05, 4.69) is 5.32 Å². The highest BCUT2D eigenvalue weighted by molar-refractivity contribution is 5.81. The minimum Gasteiger partial charge on any atom is -0.477 e. The predicted octanol–water partition coefficient (Wildman–Crippen LogP) is 3.14. The Morgan fingerprint density at radius 3 is 2.16 bits per heavy atom. The number of benzene rings is 2. The Morgan fingerprint density at radius 2 is 1.61 bits per heavy atom. The molecule has 0 bridgehead atoms. The summed E-state index contributed by atoms with van der Waals surface area (Å²) in [6, 6.07) is 15.1. The van der Waals surface area contributed by atoms with E-state index in [4.69, 9.17) is 9.84 Å². The summed E-state index contributed by atoms with van der Waals surface area (Å²) in [5.74, 6) is -7.31. The second kappa shape index (κ2) is 9.11. The van der Waals surface area contributed by atoms with Gasteiger partial charge in [-0.05, 0) is 29.2 Å². The zero-order valence-electron chi connectivity index (χ0n) is 16.7. The molecule has 0 aliphatic heterocycles. The highest BCUT2D eigenvalue weighted by Gasteiger charge is 2.39. The number of nitrogens with one attached hydrogen (secondary N) is 2. The summed E-state index contributed by atoms with van der Waals surface area (Å²) in [5, 5.41) is 12.7. The molecule has 0 unspecified atom stereocenters. The summed E-state index contributed by atoms with van der Waals surface area (Å²) in [6.07, 6.45) is -1.04. The zero-order chi connectivity index (χ0) is 22.6. The fraction of sp³-hybridized carbons (Fsp3) is 0.318. The SMILES string of the molecule is C[C@H](CC(=O)NCC(F)(F)C(=O)O)NC(=O)OCC1c2ccccc2-c2ccccc21. The first-order chi connectivity index (χ1) is 14.7. The molecule has 2 aromatic rings. The molecule has 3 rings (SSSR count). The van der Waals surface area contributed by atoms with Crippen LogP contribution in [0.4, 0.5) is 13.6 Å². The molecule has 2 aromatic carbocycles. The van der Waals surface area contributed by atoms with Gasteiger partial charge in [-0.1, -0.05) is 48.5 Å². The van der Waals surface area contributed by atoms with Gasteiger partial charge in [0.1, 0.15) is 6.61 Å². The van der Waals surface area contributed by atoms with Gasteiger partial charge in [0.05, 0.1) is 6.54 Å². The number of aliphatic carboxylic acids is 1. The van der Waals surface area contributed by atoms with Gasteiger partial charge < -0.3 is 20.5 Å². The van der Waals surface area contributed by atoms with E-state index < -0.39 is 36.5 Å². The molecule has 2 amide bonds. The molecule has 0 saturated heterocycles. The lowest BCUT2D eigenvalue weighted by Crippen LogP contribution is -2.44. The van der Waals surface area contributed by atoms with Crippen LogP contribution in [0.1, 0.15) is 30.4 Å². The van der Waals surface area contributed by atoms with Crippen molar-refractivity contribution in [3.8, 4) is 11.1 Å². The van der Waals surface area contributed by atoms with Crippen molar-refractivity contribution >= 4 is 18.0 Å². The van der Waals surface area contributed by atoms with E-state index >= 15 is 0 Å². The third kappa shape index (κ3) is 5.17. The molecule has 1 aliphatic rings. The van der Waals surface area contributed by atoms with E-state index in [0.717, 1.165) is 22.3 Å². The number of fused-ring (bicyclic) bond motifs is 3. The number of hydrogen-bond acceptors (Lipinski definition) is 4. The third-order valence-corrected chi connectivity index (χ3v) is 5.02. The molecule has 0 spiro atoms. The number of carboxylic acid groups (broad SMARTS) is 1. The summed E-state index contributed by atoms with van der Waals surface area (Å²) in [5.41, 5.74) is 4.30. The minimum absolute atomic E-state index is 0.101. The first-order valence-electron chi connectivity index (χ1n) is 9.68. The molecule has 0 fully saturated rings. The molecule has 1 atom stereocenters. The summed E-state index contributed by atoms with van der Waals surface area (Å²) >= 11 is 0. The molecule has 1 aliphatic carbocycles. The lowest BCUT2D eigenvalue weighted by atomic mass is 9.98. The topological polar surface area (TPSA) is 105 Å². The van der Waals surface area contributed by atoms with Crippen LogP contribution >= 0.6 is 0 Å². The Kier molecular flexibility index (Phi) is 6.53. The van der Waals surface area contributed by atoms with Crippen molar-refractivity contribution in [3.05, 3.63) is 59.7 Å². The second-order valence-electron chi connectivity index (χ2n) is 7.36. The number of amides is 2. The highest BCUT2D eigenvalue weighted by Crippen LogP contribution is 2.44. The summed E-state index contributed by atoms with van der Waals surface area (Å²) in [7, 11) is 0. The summed E-state index contributed by atoms with van der Waals surface area (Å²) in [6.45, 7) is 0.290. The highest BCUT2D eigenvalue weighted by atomic mass is 19.3. The van der Waals surface area contributed by atoms with E-state index in [0.29, 0.717) is 0 Å². The monoisotopic (exact) mass is 432 g/mol. The van der Waals surface area contributed by atoms with E-state index in [1.807, 2.05) is 53.8 Å². The number of alkyl carbamates (subject to hydrolysis) is 1. The molecule has 7 nitrogen and oxygen atoms in total. The molecule has 0 aromatic heterocycles. The van der Waals surface area contributed by atoms with Gasteiger partial charge in [0.25, 0.3) is 0 Å². The van der Waals surface area contributed by atoms with E-state index in [-0.39, 0.29) is 18.9 Å². The Balaban J connectivity index is 1.50. The van der Waals surface area contributed by atoms with Gasteiger partial charge in [-0.3, -0.25) is 4.79 Å². The van der Waals surface area contributed by atoms with Crippen LogP contribution in [0, 0.1) is 0 Å². The number of carbonyl (C=O) groups is 3. The van der Waals surface area contributed by atoms with Crippen LogP contribution in [0.3, 0.4) is 0 Å². The molecule has 3 N–H and O–H groups in total. The van der Waals surface area contributed by atoms with Gasteiger partial charge in [-0.2, -0.15) is 8.78 Å². The Hall–Kier alpha value is -3.49. The lowest BCUT2D eigenvalue weighted by Gasteiger charge is -2.17. The molecule has 0 radical (unpaired) electrons. The van der Waals surface area contributed by atoms with E-state index in [9.17, 15) is 23.2 Å². The van der Waals surface area contributed by atoms with Crippen molar-refractivity contribution in [2.75, 3.05) is 13.2 Å². The van der Waals surface area contributed by atoms with Crippen LogP contribution in [0.15, 0.2) is 48.5 Å². The van der Waals surface area contributed by atoms with Crippen LogP contribution < -0.4 is 10.6 Å². The Morgan fingerprint density at radius 1 is 1.06 bits per heavy atom. The number of carboxylic acids is 1. The number of hydrogen-bond donors (Lipinski definition) is 3. The maximum absolute atomic E-state index is 13.0. The second-order valence-corrected chi connectivity index (χ2v) is 7.36. The molecular weight excluding hydrogens is 410 g/mol. The van der Waals surface area contributed by atoms with E-state index in [1.54, 1.807) is 0 Å². The lowest BCUT2D eigenvalue weighted by molar-refractivity contribution is -0.164. The van der Waals surface area contributed by atoms with Crippen molar-refractivity contribution in [1.82, 2.24) is 10.6 Å². The largest absolute Gasteiger partial charge is 0.477 e. The maximum atomic E-state index is 13.0. The quantitative estimate of drug-likeness (QED) is 0.595. The van der Waals surface area contributed by atoms with Crippen molar-refractivity contribution in [2.45, 2.75) is 31.2 Å². The van der Waals surface area contributed by atoms with Crippen LogP contribution in [-0.4, -0.2) is 48.2 Å². The molecular formula is C22H22F2N2O5. The van der Waals surface area contributed by atoms with Gasteiger partial charge in [0.2, 0.25) is 5.91 Å².